The third-order valence-corrected chi connectivity index (χ3v) is 3.72. The van der Waals surface area contributed by atoms with Crippen molar-refractivity contribution in [1.29, 1.82) is 0 Å². The maximum absolute atomic E-state index is 11.6. The van der Waals surface area contributed by atoms with Gasteiger partial charge < -0.3 is 20.1 Å². The Labute approximate surface area is 133 Å². The number of benzene rings is 1. The number of anilines is 1. The van der Waals surface area contributed by atoms with Gasteiger partial charge in [0.25, 0.3) is 0 Å². The smallest absolute Gasteiger partial charge is 0.339 e. The third kappa shape index (κ3) is 4.56. The molecule has 2 rings (SSSR count). The molecule has 0 aliphatic carbocycles. The Kier molecular flexibility index (Phi) is 5.78. The predicted octanol–water partition coefficient (Wildman–Crippen LogP) is 2.59. The Morgan fingerprint density at radius 1 is 1.57 bits per heavy atom. The maximum Gasteiger partial charge on any atom is 0.339 e. The molecule has 1 fully saturated rings. The van der Waals surface area contributed by atoms with E-state index in [1.54, 1.807) is 18.2 Å². The summed E-state index contributed by atoms with van der Waals surface area (Å²) in [6.07, 6.45) is 2.34. The molecule has 0 bridgehead atoms. The van der Waals surface area contributed by atoms with Gasteiger partial charge in [0.15, 0.2) is 5.11 Å². The monoisotopic (exact) mass is 328 g/mol. The molecule has 1 aromatic rings. The van der Waals surface area contributed by atoms with Crippen LogP contribution in [0.15, 0.2) is 18.2 Å². The van der Waals surface area contributed by atoms with Gasteiger partial charge in [0.05, 0.1) is 23.8 Å². The minimum absolute atomic E-state index is 0.209. The lowest BCUT2D eigenvalue weighted by atomic mass is 10.2. The van der Waals surface area contributed by atoms with Crippen LogP contribution < -0.4 is 10.6 Å². The van der Waals surface area contributed by atoms with Gasteiger partial charge in [-0.25, -0.2) is 4.79 Å². The van der Waals surface area contributed by atoms with Gasteiger partial charge in [-0.2, -0.15) is 0 Å². The summed E-state index contributed by atoms with van der Waals surface area (Å²) in [6, 6.07) is 4.97. The molecule has 0 amide bonds. The summed E-state index contributed by atoms with van der Waals surface area (Å²) in [5, 5.41) is 6.92. The molecule has 1 saturated heterocycles. The lowest BCUT2D eigenvalue weighted by Gasteiger charge is -2.14. The van der Waals surface area contributed by atoms with Gasteiger partial charge in [-0.1, -0.05) is 11.6 Å². The zero-order valence-electron chi connectivity index (χ0n) is 11.6. The van der Waals surface area contributed by atoms with Crippen LogP contribution in [0.3, 0.4) is 0 Å². The van der Waals surface area contributed by atoms with E-state index >= 15 is 0 Å². The molecule has 1 heterocycles. The van der Waals surface area contributed by atoms with Crippen molar-refractivity contribution in [3.05, 3.63) is 28.8 Å². The number of carbonyl (C=O) groups excluding carboxylic acids is 1. The van der Waals surface area contributed by atoms with E-state index in [2.05, 4.69) is 15.4 Å². The van der Waals surface area contributed by atoms with Crippen LogP contribution in [0.25, 0.3) is 0 Å². The zero-order chi connectivity index (χ0) is 15.2. The number of hydrogen-bond acceptors (Lipinski definition) is 4. The van der Waals surface area contributed by atoms with Crippen LogP contribution in [0.4, 0.5) is 5.69 Å². The molecule has 0 spiro atoms. The minimum atomic E-state index is -0.484. The molecule has 0 radical (unpaired) electrons. The molecule has 21 heavy (non-hydrogen) atoms. The molecule has 0 unspecified atom stereocenters. The van der Waals surface area contributed by atoms with E-state index in [-0.39, 0.29) is 6.10 Å². The van der Waals surface area contributed by atoms with Crippen molar-refractivity contribution in [3.8, 4) is 0 Å². The Morgan fingerprint density at radius 2 is 2.38 bits per heavy atom. The molecule has 1 aromatic carbocycles. The van der Waals surface area contributed by atoms with Gasteiger partial charge in [0.2, 0.25) is 0 Å². The first kappa shape index (κ1) is 16.0. The van der Waals surface area contributed by atoms with Gasteiger partial charge in [0.1, 0.15) is 0 Å². The van der Waals surface area contributed by atoms with Crippen molar-refractivity contribution >= 4 is 40.6 Å². The summed E-state index contributed by atoms with van der Waals surface area (Å²) in [5.41, 5.74) is 0.968. The summed E-state index contributed by atoms with van der Waals surface area (Å²) >= 11 is 11.2. The van der Waals surface area contributed by atoms with Gasteiger partial charge in [-0.15, -0.1) is 0 Å². The standard InChI is InChI=1S/C14H17ClN2O3S/c1-19-13(18)11-7-9(4-5-12(11)15)17-14(21)16-8-10-3-2-6-20-10/h4-5,7,10H,2-3,6,8H2,1H3,(H2,16,17,21)/t10-/m0/s1. The fraction of sp³-hybridized carbons (Fsp3) is 0.429. The molecule has 0 saturated carbocycles. The third-order valence-electron chi connectivity index (χ3n) is 3.14. The predicted molar refractivity (Wildman–Crippen MR) is 86.0 cm³/mol. The van der Waals surface area contributed by atoms with E-state index in [0.29, 0.717) is 27.9 Å². The highest BCUT2D eigenvalue weighted by molar-refractivity contribution is 7.80. The second-order valence-corrected chi connectivity index (χ2v) is 5.47. The van der Waals surface area contributed by atoms with Crippen LogP contribution in [0.5, 0.6) is 0 Å². The van der Waals surface area contributed by atoms with Crippen molar-refractivity contribution in [2.75, 3.05) is 25.6 Å². The summed E-state index contributed by atoms with van der Waals surface area (Å²) < 4.78 is 10.2. The number of nitrogens with one attached hydrogen (secondary N) is 2. The molecule has 1 atom stereocenters. The first-order chi connectivity index (χ1) is 10.1. The second kappa shape index (κ2) is 7.59. The number of esters is 1. The van der Waals surface area contributed by atoms with Crippen molar-refractivity contribution in [2.24, 2.45) is 0 Å². The Balaban J connectivity index is 1.92. The SMILES string of the molecule is COC(=O)c1cc(NC(=S)NC[C@@H]2CCCO2)ccc1Cl. The number of ether oxygens (including phenoxy) is 2. The van der Waals surface area contributed by atoms with Crippen molar-refractivity contribution in [2.45, 2.75) is 18.9 Å². The van der Waals surface area contributed by atoms with Crippen LogP contribution >= 0.6 is 23.8 Å². The molecule has 114 valence electrons. The first-order valence-electron chi connectivity index (χ1n) is 6.64. The van der Waals surface area contributed by atoms with E-state index < -0.39 is 5.97 Å². The topological polar surface area (TPSA) is 59.6 Å². The van der Waals surface area contributed by atoms with Crippen LogP contribution in [0, 0.1) is 0 Å². The lowest BCUT2D eigenvalue weighted by molar-refractivity contribution is 0.0601. The summed E-state index contributed by atoms with van der Waals surface area (Å²) in [7, 11) is 1.31. The van der Waals surface area contributed by atoms with Gasteiger partial charge in [-0.05, 0) is 43.3 Å². The molecule has 2 N–H and O–H groups in total. The maximum atomic E-state index is 11.6. The van der Waals surface area contributed by atoms with E-state index in [4.69, 9.17) is 28.6 Å². The number of hydrogen-bond donors (Lipinski definition) is 2. The van der Waals surface area contributed by atoms with E-state index in [1.165, 1.54) is 7.11 Å². The number of carbonyl (C=O) groups is 1. The van der Waals surface area contributed by atoms with Crippen LogP contribution in [-0.4, -0.2) is 37.4 Å². The largest absolute Gasteiger partial charge is 0.465 e. The fourth-order valence-electron chi connectivity index (χ4n) is 2.06. The Hall–Kier alpha value is -1.37. The highest BCUT2D eigenvalue weighted by Gasteiger charge is 2.16. The van der Waals surface area contributed by atoms with Crippen molar-refractivity contribution < 1.29 is 14.3 Å². The number of thiocarbonyl (C=S) groups is 1. The average Bonchev–Trinajstić information content (AvgIpc) is 2.99. The highest BCUT2D eigenvalue weighted by Crippen LogP contribution is 2.21. The number of rotatable bonds is 4. The summed E-state index contributed by atoms with van der Waals surface area (Å²) in [4.78, 5) is 11.6. The molecule has 5 nitrogen and oxygen atoms in total. The molecule has 1 aliphatic rings. The normalized spacial score (nSPS) is 17.3. The van der Waals surface area contributed by atoms with Crippen molar-refractivity contribution in [1.82, 2.24) is 5.32 Å². The van der Waals surface area contributed by atoms with E-state index in [1.807, 2.05) is 0 Å². The lowest BCUT2D eigenvalue weighted by Crippen LogP contribution is -2.34. The molecule has 7 heteroatoms. The zero-order valence-corrected chi connectivity index (χ0v) is 13.2. The molecule has 0 aromatic heterocycles. The fourth-order valence-corrected chi connectivity index (χ4v) is 2.45. The van der Waals surface area contributed by atoms with Crippen molar-refractivity contribution in [3.63, 3.8) is 0 Å². The van der Waals surface area contributed by atoms with E-state index in [9.17, 15) is 4.79 Å². The first-order valence-corrected chi connectivity index (χ1v) is 7.43. The van der Waals surface area contributed by atoms with Crippen LogP contribution in [-0.2, 0) is 9.47 Å². The second-order valence-electron chi connectivity index (χ2n) is 4.66. The van der Waals surface area contributed by atoms with Gasteiger partial charge >= 0.3 is 5.97 Å². The van der Waals surface area contributed by atoms with Gasteiger partial charge in [-0.3, -0.25) is 0 Å². The molecular formula is C14H17ClN2O3S. The average molecular weight is 329 g/mol. The quantitative estimate of drug-likeness (QED) is 0.654. The molecular weight excluding hydrogens is 312 g/mol. The van der Waals surface area contributed by atoms with Crippen LogP contribution in [0.1, 0.15) is 23.2 Å². The van der Waals surface area contributed by atoms with E-state index in [0.717, 1.165) is 19.4 Å². The molecule has 1 aliphatic heterocycles. The number of halogens is 1. The minimum Gasteiger partial charge on any atom is -0.465 e. The Morgan fingerprint density at radius 3 is 3.05 bits per heavy atom. The van der Waals surface area contributed by atoms with Gasteiger partial charge in [0, 0.05) is 18.8 Å². The number of methoxy groups -OCH3 is 1. The Bertz CT molecular complexity index is 533. The summed E-state index contributed by atoms with van der Waals surface area (Å²) in [5.74, 6) is -0.484. The summed E-state index contributed by atoms with van der Waals surface area (Å²) in [6.45, 7) is 1.48. The highest BCUT2D eigenvalue weighted by atomic mass is 35.5. The van der Waals surface area contributed by atoms with Crippen LogP contribution in [0.2, 0.25) is 5.02 Å².